The molecule has 1 N–H and O–H groups in total. The van der Waals surface area contributed by atoms with Crippen molar-refractivity contribution in [2.45, 2.75) is 6.04 Å². The van der Waals surface area contributed by atoms with E-state index in [1.165, 1.54) is 12.1 Å². The van der Waals surface area contributed by atoms with Crippen LogP contribution in [0.5, 0.6) is 0 Å². The van der Waals surface area contributed by atoms with Crippen LogP contribution in [0.4, 0.5) is 4.39 Å². The van der Waals surface area contributed by atoms with Gasteiger partial charge in [0.05, 0.1) is 24.2 Å². The Morgan fingerprint density at radius 2 is 1.74 bits per heavy atom. The Balaban J connectivity index is 1.52. The van der Waals surface area contributed by atoms with E-state index < -0.39 is 0 Å². The first-order valence-corrected chi connectivity index (χ1v) is 10.4. The van der Waals surface area contributed by atoms with Crippen LogP contribution >= 0.6 is 0 Å². The largest absolute Gasteiger partial charge is 0.463 e. The standard InChI is InChI=1S/C24H24FN5O/c1-29-10-12-30(13-11-29)24(20-16-27-28-23(20)22-3-2-14-31-22)21-9-6-18(15-26-21)17-4-7-19(25)8-5-17/h2-9,14-16,24H,10-13H2,1H3,(H,27,28). The SMILES string of the molecule is CN1CCN(C(c2ccc(-c3ccc(F)cc3)cn2)c2cn[nH]c2-c2ccco2)CC1. The molecule has 1 aliphatic heterocycles. The van der Waals surface area contributed by atoms with E-state index in [4.69, 9.17) is 9.40 Å². The van der Waals surface area contributed by atoms with Gasteiger partial charge in [-0.05, 0) is 42.9 Å². The fourth-order valence-corrected chi connectivity index (χ4v) is 4.12. The summed E-state index contributed by atoms with van der Waals surface area (Å²) in [6.07, 6.45) is 5.40. The van der Waals surface area contributed by atoms with E-state index in [0.717, 1.165) is 60.0 Å². The lowest BCUT2D eigenvalue weighted by Crippen LogP contribution is -2.46. The van der Waals surface area contributed by atoms with Crippen molar-refractivity contribution in [1.29, 1.82) is 0 Å². The summed E-state index contributed by atoms with van der Waals surface area (Å²) in [4.78, 5) is 9.61. The lowest BCUT2D eigenvalue weighted by atomic mass is 9.98. The Kier molecular flexibility index (Phi) is 5.36. The molecule has 7 heteroatoms. The first kappa shape index (κ1) is 19.7. The van der Waals surface area contributed by atoms with Crippen molar-refractivity contribution >= 4 is 0 Å². The van der Waals surface area contributed by atoms with Crippen LogP contribution in [0.3, 0.4) is 0 Å². The second-order valence-corrected chi connectivity index (χ2v) is 7.90. The summed E-state index contributed by atoms with van der Waals surface area (Å²) in [7, 11) is 2.15. The third-order valence-corrected chi connectivity index (χ3v) is 5.88. The molecule has 1 atom stereocenters. The number of H-pyrrole nitrogens is 1. The van der Waals surface area contributed by atoms with Crippen molar-refractivity contribution in [2.75, 3.05) is 33.2 Å². The minimum absolute atomic E-state index is 0.0465. The van der Waals surface area contributed by atoms with Crippen molar-refractivity contribution in [1.82, 2.24) is 25.0 Å². The van der Waals surface area contributed by atoms with Crippen LogP contribution in [-0.4, -0.2) is 58.2 Å². The molecule has 1 aliphatic rings. The van der Waals surface area contributed by atoms with Crippen molar-refractivity contribution in [3.05, 3.63) is 84.3 Å². The van der Waals surface area contributed by atoms with Crippen molar-refractivity contribution in [3.8, 4) is 22.6 Å². The van der Waals surface area contributed by atoms with E-state index in [1.807, 2.05) is 30.6 Å². The topological polar surface area (TPSA) is 61.2 Å². The molecule has 0 amide bonds. The number of aromatic amines is 1. The number of halogens is 1. The van der Waals surface area contributed by atoms with Gasteiger partial charge in [0.15, 0.2) is 5.76 Å². The highest BCUT2D eigenvalue weighted by atomic mass is 19.1. The summed E-state index contributed by atoms with van der Waals surface area (Å²) in [5.41, 5.74) is 4.76. The maximum Gasteiger partial charge on any atom is 0.151 e. The molecule has 1 saturated heterocycles. The first-order chi connectivity index (χ1) is 15.2. The van der Waals surface area contributed by atoms with Gasteiger partial charge in [-0.3, -0.25) is 15.0 Å². The van der Waals surface area contributed by atoms with Gasteiger partial charge in [0.1, 0.15) is 11.5 Å². The smallest absolute Gasteiger partial charge is 0.151 e. The number of piperazine rings is 1. The van der Waals surface area contributed by atoms with Gasteiger partial charge in [-0.15, -0.1) is 0 Å². The summed E-state index contributed by atoms with van der Waals surface area (Å²) in [6.45, 7) is 3.87. The van der Waals surface area contributed by atoms with Crippen molar-refractivity contribution in [3.63, 3.8) is 0 Å². The Morgan fingerprint density at radius 3 is 2.42 bits per heavy atom. The molecule has 6 nitrogen and oxygen atoms in total. The number of nitrogens with zero attached hydrogens (tertiary/aromatic N) is 4. The normalized spacial score (nSPS) is 16.5. The van der Waals surface area contributed by atoms with Crippen LogP contribution in [-0.2, 0) is 0 Å². The third kappa shape index (κ3) is 4.02. The Hall–Kier alpha value is -3.29. The fraction of sp³-hybridized carbons (Fsp3) is 0.250. The number of rotatable bonds is 5. The second kappa shape index (κ2) is 8.45. The van der Waals surface area contributed by atoms with Gasteiger partial charge in [-0.1, -0.05) is 18.2 Å². The van der Waals surface area contributed by atoms with E-state index >= 15 is 0 Å². The number of aromatic nitrogens is 3. The van der Waals surface area contributed by atoms with Gasteiger partial charge in [-0.2, -0.15) is 5.10 Å². The number of furan rings is 1. The van der Waals surface area contributed by atoms with Gasteiger partial charge in [0.2, 0.25) is 0 Å². The molecule has 0 saturated carbocycles. The predicted octanol–water partition coefficient (Wildman–Crippen LogP) is 4.21. The lowest BCUT2D eigenvalue weighted by Gasteiger charge is -2.37. The molecule has 1 fully saturated rings. The highest BCUT2D eigenvalue weighted by Crippen LogP contribution is 2.35. The molecular weight excluding hydrogens is 393 g/mol. The van der Waals surface area contributed by atoms with E-state index in [1.54, 1.807) is 18.4 Å². The number of hydrogen-bond donors (Lipinski definition) is 1. The maximum absolute atomic E-state index is 13.3. The average Bonchev–Trinajstić information content (AvgIpc) is 3.48. The number of pyridine rings is 1. The molecule has 5 rings (SSSR count). The maximum atomic E-state index is 13.3. The molecule has 1 aromatic carbocycles. The molecular formula is C24H24FN5O. The van der Waals surface area contributed by atoms with Crippen LogP contribution < -0.4 is 0 Å². The van der Waals surface area contributed by atoms with Crippen molar-refractivity contribution < 1.29 is 8.81 Å². The molecule has 0 spiro atoms. The molecule has 31 heavy (non-hydrogen) atoms. The van der Waals surface area contributed by atoms with Crippen LogP contribution in [0, 0.1) is 5.82 Å². The zero-order chi connectivity index (χ0) is 21.2. The van der Waals surface area contributed by atoms with E-state index in [-0.39, 0.29) is 11.9 Å². The Morgan fingerprint density at radius 1 is 0.968 bits per heavy atom. The molecule has 0 bridgehead atoms. The summed E-state index contributed by atoms with van der Waals surface area (Å²) in [6, 6.07) is 14.4. The minimum Gasteiger partial charge on any atom is -0.463 e. The van der Waals surface area contributed by atoms with Gasteiger partial charge in [0, 0.05) is 43.5 Å². The molecule has 0 radical (unpaired) electrons. The highest BCUT2D eigenvalue weighted by Gasteiger charge is 2.30. The van der Waals surface area contributed by atoms with Crippen LogP contribution in [0.1, 0.15) is 17.3 Å². The highest BCUT2D eigenvalue weighted by molar-refractivity contribution is 5.63. The molecule has 1 unspecified atom stereocenters. The second-order valence-electron chi connectivity index (χ2n) is 7.90. The molecule has 0 aliphatic carbocycles. The van der Waals surface area contributed by atoms with E-state index in [0.29, 0.717) is 0 Å². The molecule has 4 aromatic rings. The Labute approximate surface area is 180 Å². The summed E-state index contributed by atoms with van der Waals surface area (Å²) < 4.78 is 18.9. The average molecular weight is 417 g/mol. The van der Waals surface area contributed by atoms with Gasteiger partial charge >= 0.3 is 0 Å². The Bertz CT molecular complexity index is 1110. The first-order valence-electron chi connectivity index (χ1n) is 10.4. The number of benzene rings is 1. The lowest BCUT2D eigenvalue weighted by molar-refractivity contribution is 0.126. The number of nitrogens with one attached hydrogen (secondary N) is 1. The molecule has 158 valence electrons. The van der Waals surface area contributed by atoms with Crippen LogP contribution in [0.25, 0.3) is 22.6 Å². The van der Waals surface area contributed by atoms with Gasteiger partial charge in [0.25, 0.3) is 0 Å². The van der Waals surface area contributed by atoms with Gasteiger partial charge in [-0.25, -0.2) is 4.39 Å². The number of likely N-dealkylation sites (N-methyl/N-ethyl adjacent to an activating group) is 1. The third-order valence-electron chi connectivity index (χ3n) is 5.88. The number of hydrogen-bond acceptors (Lipinski definition) is 5. The van der Waals surface area contributed by atoms with E-state index in [2.05, 4.69) is 33.1 Å². The zero-order valence-electron chi connectivity index (χ0n) is 17.3. The van der Waals surface area contributed by atoms with Gasteiger partial charge < -0.3 is 9.32 Å². The molecule has 3 aromatic heterocycles. The summed E-state index contributed by atoms with van der Waals surface area (Å²) in [5.74, 6) is 0.517. The monoisotopic (exact) mass is 417 g/mol. The minimum atomic E-state index is -0.242. The molecule has 4 heterocycles. The van der Waals surface area contributed by atoms with Crippen LogP contribution in [0.2, 0.25) is 0 Å². The predicted molar refractivity (Wildman–Crippen MR) is 117 cm³/mol. The summed E-state index contributed by atoms with van der Waals surface area (Å²) in [5, 5.41) is 7.43. The zero-order valence-corrected chi connectivity index (χ0v) is 17.3. The fourth-order valence-electron chi connectivity index (χ4n) is 4.12. The van der Waals surface area contributed by atoms with Crippen LogP contribution in [0.15, 0.2) is 71.6 Å². The summed E-state index contributed by atoms with van der Waals surface area (Å²) >= 11 is 0. The quantitative estimate of drug-likeness (QED) is 0.527. The van der Waals surface area contributed by atoms with E-state index in [9.17, 15) is 4.39 Å². The van der Waals surface area contributed by atoms with Crippen molar-refractivity contribution in [2.24, 2.45) is 0 Å².